The highest BCUT2D eigenvalue weighted by Crippen LogP contribution is 2.30. The molecule has 1 aliphatic heterocycles. The van der Waals surface area contributed by atoms with Crippen LogP contribution < -0.4 is 0 Å². The molecule has 116 valence electrons. The highest BCUT2D eigenvalue weighted by molar-refractivity contribution is 9.10. The molecule has 1 aliphatic rings. The number of furan rings is 1. The molecule has 1 saturated heterocycles. The summed E-state index contributed by atoms with van der Waals surface area (Å²) in [6.45, 7) is 2.55. The van der Waals surface area contributed by atoms with Crippen molar-refractivity contribution >= 4 is 38.8 Å². The van der Waals surface area contributed by atoms with E-state index in [1.165, 1.54) is 0 Å². The van der Waals surface area contributed by atoms with Gasteiger partial charge >= 0.3 is 5.97 Å². The molecule has 1 N–H and O–H groups in total. The average Bonchev–Trinajstić information content (AvgIpc) is 3.03. The summed E-state index contributed by atoms with van der Waals surface area (Å²) in [4.78, 5) is 25.2. The maximum atomic E-state index is 12.6. The van der Waals surface area contributed by atoms with Gasteiger partial charge in [0.15, 0.2) is 5.76 Å². The molecule has 2 aromatic rings. The molecular formula is C16H16BrNO4. The zero-order valence-electron chi connectivity index (χ0n) is 12.1. The largest absolute Gasteiger partial charge is 0.481 e. The molecule has 0 radical (unpaired) electrons. The number of likely N-dealkylation sites (tertiary alicyclic amines) is 1. The molecule has 0 saturated carbocycles. The molecule has 5 nitrogen and oxygen atoms in total. The number of fused-ring (bicyclic) bond motifs is 1. The molecule has 1 unspecified atom stereocenters. The van der Waals surface area contributed by atoms with E-state index in [4.69, 9.17) is 9.52 Å². The molecule has 1 amide bonds. The molecule has 0 spiro atoms. The summed E-state index contributed by atoms with van der Waals surface area (Å²) >= 11 is 3.44. The van der Waals surface area contributed by atoms with Gasteiger partial charge in [-0.3, -0.25) is 9.59 Å². The van der Waals surface area contributed by atoms with Gasteiger partial charge in [-0.25, -0.2) is 0 Å². The van der Waals surface area contributed by atoms with E-state index >= 15 is 0 Å². The number of nitrogens with zero attached hydrogens (tertiary/aromatic N) is 1. The van der Waals surface area contributed by atoms with Gasteiger partial charge in [0.05, 0.1) is 10.9 Å². The maximum Gasteiger partial charge on any atom is 0.305 e. The second-order valence-corrected chi connectivity index (χ2v) is 6.52. The van der Waals surface area contributed by atoms with Crippen molar-refractivity contribution in [3.05, 3.63) is 34.0 Å². The monoisotopic (exact) mass is 365 g/mol. The zero-order valence-corrected chi connectivity index (χ0v) is 13.7. The van der Waals surface area contributed by atoms with Crippen molar-refractivity contribution < 1.29 is 19.1 Å². The van der Waals surface area contributed by atoms with Crippen LogP contribution in [-0.4, -0.2) is 34.5 Å². The Balaban J connectivity index is 1.91. The summed E-state index contributed by atoms with van der Waals surface area (Å²) in [7, 11) is 0. The maximum absolute atomic E-state index is 12.6. The Morgan fingerprint density at radius 1 is 1.41 bits per heavy atom. The van der Waals surface area contributed by atoms with Crippen LogP contribution in [0.2, 0.25) is 0 Å². The van der Waals surface area contributed by atoms with E-state index in [1.807, 2.05) is 19.1 Å². The Labute approximate surface area is 136 Å². The molecule has 1 aromatic carbocycles. The van der Waals surface area contributed by atoms with Gasteiger partial charge in [-0.05, 0) is 59.5 Å². The topological polar surface area (TPSA) is 70.8 Å². The minimum Gasteiger partial charge on any atom is -0.481 e. The second-order valence-electron chi connectivity index (χ2n) is 5.67. The Hall–Kier alpha value is -1.82. The van der Waals surface area contributed by atoms with E-state index < -0.39 is 5.97 Å². The van der Waals surface area contributed by atoms with Crippen molar-refractivity contribution in [3.63, 3.8) is 0 Å². The van der Waals surface area contributed by atoms with Crippen LogP contribution in [0.4, 0.5) is 0 Å². The van der Waals surface area contributed by atoms with Crippen LogP contribution in [-0.2, 0) is 4.79 Å². The summed E-state index contributed by atoms with van der Waals surface area (Å²) in [6, 6.07) is 5.37. The predicted molar refractivity (Wildman–Crippen MR) is 85.0 cm³/mol. The molecule has 3 rings (SSSR count). The van der Waals surface area contributed by atoms with Gasteiger partial charge in [-0.15, -0.1) is 0 Å². The van der Waals surface area contributed by atoms with Crippen molar-refractivity contribution in [3.8, 4) is 0 Å². The van der Waals surface area contributed by atoms with Crippen molar-refractivity contribution in [2.75, 3.05) is 6.54 Å². The van der Waals surface area contributed by atoms with Crippen LogP contribution >= 0.6 is 15.9 Å². The Morgan fingerprint density at radius 2 is 2.18 bits per heavy atom. The first-order valence-electron chi connectivity index (χ1n) is 7.18. The molecule has 1 atom stereocenters. The number of hydrogen-bond donors (Lipinski definition) is 1. The number of hydrogen-bond acceptors (Lipinski definition) is 3. The first kappa shape index (κ1) is 15.1. The number of rotatable bonds is 3. The minimum absolute atomic E-state index is 0.0191. The number of carbonyl (C=O) groups is 2. The SMILES string of the molecule is Cc1cc(Br)c2oc(C(=O)N3CCCC3CC(=O)O)cc2c1. The van der Waals surface area contributed by atoms with Crippen molar-refractivity contribution in [1.82, 2.24) is 4.90 Å². The molecule has 0 aliphatic carbocycles. The smallest absolute Gasteiger partial charge is 0.305 e. The van der Waals surface area contributed by atoms with Gasteiger partial charge < -0.3 is 14.4 Å². The van der Waals surface area contributed by atoms with Gasteiger partial charge in [0, 0.05) is 18.0 Å². The van der Waals surface area contributed by atoms with Crippen LogP contribution in [0, 0.1) is 6.92 Å². The van der Waals surface area contributed by atoms with Crippen LogP contribution in [0.1, 0.15) is 35.4 Å². The third kappa shape index (κ3) is 2.75. The van der Waals surface area contributed by atoms with E-state index in [1.54, 1.807) is 11.0 Å². The first-order valence-corrected chi connectivity index (χ1v) is 7.97. The average molecular weight is 366 g/mol. The van der Waals surface area contributed by atoms with Gasteiger partial charge in [0.2, 0.25) is 0 Å². The molecule has 22 heavy (non-hydrogen) atoms. The lowest BCUT2D eigenvalue weighted by Crippen LogP contribution is -2.36. The lowest BCUT2D eigenvalue weighted by atomic mass is 10.1. The van der Waals surface area contributed by atoms with E-state index in [2.05, 4.69) is 15.9 Å². The van der Waals surface area contributed by atoms with Gasteiger partial charge in [0.25, 0.3) is 5.91 Å². The van der Waals surface area contributed by atoms with Crippen LogP contribution in [0.5, 0.6) is 0 Å². The van der Waals surface area contributed by atoms with Gasteiger partial charge in [0.1, 0.15) is 5.58 Å². The van der Waals surface area contributed by atoms with Crippen LogP contribution in [0.15, 0.2) is 27.1 Å². The first-order chi connectivity index (χ1) is 10.5. The fourth-order valence-electron chi connectivity index (χ4n) is 3.02. The summed E-state index contributed by atoms with van der Waals surface area (Å²) in [5.41, 5.74) is 1.71. The highest BCUT2D eigenvalue weighted by Gasteiger charge is 2.32. The normalized spacial score (nSPS) is 18.1. The summed E-state index contributed by atoms with van der Waals surface area (Å²) in [6.07, 6.45) is 1.53. The third-order valence-electron chi connectivity index (χ3n) is 3.97. The number of halogens is 1. The standard InChI is InChI=1S/C16H16BrNO4/c1-9-5-10-7-13(22-15(10)12(17)6-9)16(21)18-4-2-3-11(18)8-14(19)20/h5-7,11H,2-4,8H2,1H3,(H,19,20). The Morgan fingerprint density at radius 3 is 2.91 bits per heavy atom. The van der Waals surface area contributed by atoms with E-state index in [0.29, 0.717) is 12.1 Å². The lowest BCUT2D eigenvalue weighted by Gasteiger charge is -2.22. The minimum atomic E-state index is -0.882. The number of aliphatic carboxylic acids is 1. The number of carboxylic acids is 1. The predicted octanol–water partition coefficient (Wildman–Crippen LogP) is 3.58. The van der Waals surface area contributed by atoms with Crippen molar-refractivity contribution in [2.45, 2.75) is 32.2 Å². The fourth-order valence-corrected chi connectivity index (χ4v) is 3.69. The summed E-state index contributed by atoms with van der Waals surface area (Å²) < 4.78 is 6.51. The molecule has 0 bridgehead atoms. The van der Waals surface area contributed by atoms with E-state index in [9.17, 15) is 9.59 Å². The summed E-state index contributed by atoms with van der Waals surface area (Å²) in [5.74, 6) is -0.851. The number of carbonyl (C=O) groups excluding carboxylic acids is 1. The molecular weight excluding hydrogens is 350 g/mol. The molecule has 2 heterocycles. The Bertz CT molecular complexity index is 752. The van der Waals surface area contributed by atoms with Gasteiger partial charge in [-0.2, -0.15) is 0 Å². The Kier molecular flexibility index (Phi) is 3.95. The van der Waals surface area contributed by atoms with Gasteiger partial charge in [-0.1, -0.05) is 0 Å². The number of amides is 1. The molecule has 6 heteroatoms. The van der Waals surface area contributed by atoms with Crippen LogP contribution in [0.3, 0.4) is 0 Å². The van der Waals surface area contributed by atoms with Crippen LogP contribution in [0.25, 0.3) is 11.0 Å². The molecule has 1 fully saturated rings. The van der Waals surface area contributed by atoms with Crippen molar-refractivity contribution in [1.29, 1.82) is 0 Å². The third-order valence-corrected chi connectivity index (χ3v) is 4.56. The summed E-state index contributed by atoms with van der Waals surface area (Å²) in [5, 5.41) is 9.82. The number of carboxylic acid groups (broad SMARTS) is 1. The highest BCUT2D eigenvalue weighted by atomic mass is 79.9. The zero-order chi connectivity index (χ0) is 15.9. The number of benzene rings is 1. The van der Waals surface area contributed by atoms with E-state index in [0.717, 1.165) is 28.3 Å². The quantitative estimate of drug-likeness (QED) is 0.902. The van der Waals surface area contributed by atoms with E-state index in [-0.39, 0.29) is 24.1 Å². The second kappa shape index (κ2) is 5.76. The number of aryl methyl sites for hydroxylation is 1. The fraction of sp³-hybridized carbons (Fsp3) is 0.375. The molecule has 1 aromatic heterocycles. The van der Waals surface area contributed by atoms with Crippen molar-refractivity contribution in [2.24, 2.45) is 0 Å². The lowest BCUT2D eigenvalue weighted by molar-refractivity contribution is -0.137.